The van der Waals surface area contributed by atoms with Crippen LogP contribution in [-0.4, -0.2) is 41.4 Å². The van der Waals surface area contributed by atoms with Crippen molar-refractivity contribution in [3.8, 4) is 0 Å². The van der Waals surface area contributed by atoms with Crippen molar-refractivity contribution in [2.75, 3.05) is 25.0 Å². The van der Waals surface area contributed by atoms with E-state index in [2.05, 4.69) is 10.2 Å². The van der Waals surface area contributed by atoms with Crippen molar-refractivity contribution in [1.29, 1.82) is 0 Å². The van der Waals surface area contributed by atoms with E-state index in [1.165, 1.54) is 0 Å². The van der Waals surface area contributed by atoms with E-state index in [4.69, 9.17) is 4.74 Å². The molecule has 0 spiro atoms. The number of rotatable bonds is 4. The summed E-state index contributed by atoms with van der Waals surface area (Å²) >= 11 is 0. The SMILES string of the molecule is CC(C)(C)OC(=O)Nc1cccc(CN2CCC(CO)C2)c1. The van der Waals surface area contributed by atoms with Crippen molar-refractivity contribution in [2.24, 2.45) is 5.92 Å². The standard InChI is InChI=1S/C17H26N2O3/c1-17(2,3)22-16(21)18-15-6-4-5-13(9-15)10-19-8-7-14(11-19)12-20/h4-6,9,14,20H,7-8,10-12H2,1-3H3,(H,18,21). The van der Waals surface area contributed by atoms with E-state index in [-0.39, 0.29) is 6.61 Å². The van der Waals surface area contributed by atoms with Crippen LogP contribution in [0.4, 0.5) is 10.5 Å². The molecule has 5 heteroatoms. The number of carbonyl (C=O) groups excluding carboxylic acids is 1. The van der Waals surface area contributed by atoms with Gasteiger partial charge in [0.05, 0.1) is 0 Å². The summed E-state index contributed by atoms with van der Waals surface area (Å²) in [6.45, 7) is 8.56. The Bertz CT molecular complexity index is 511. The molecule has 0 bridgehead atoms. The van der Waals surface area contributed by atoms with Crippen LogP contribution in [-0.2, 0) is 11.3 Å². The number of ether oxygens (including phenoxy) is 1. The van der Waals surface area contributed by atoms with E-state index < -0.39 is 11.7 Å². The van der Waals surface area contributed by atoms with E-state index in [0.717, 1.165) is 37.3 Å². The Hall–Kier alpha value is -1.59. The van der Waals surface area contributed by atoms with Gasteiger partial charge in [0.2, 0.25) is 0 Å². The van der Waals surface area contributed by atoms with Crippen LogP contribution < -0.4 is 5.32 Å². The first kappa shape index (κ1) is 16.8. The van der Waals surface area contributed by atoms with Gasteiger partial charge in [-0.15, -0.1) is 0 Å². The van der Waals surface area contributed by atoms with Crippen LogP contribution in [0.5, 0.6) is 0 Å². The van der Waals surface area contributed by atoms with Gasteiger partial charge in [0.1, 0.15) is 5.60 Å². The highest BCUT2D eigenvalue weighted by Gasteiger charge is 2.21. The number of anilines is 1. The van der Waals surface area contributed by atoms with Crippen molar-refractivity contribution >= 4 is 11.8 Å². The summed E-state index contributed by atoms with van der Waals surface area (Å²) in [6.07, 6.45) is 0.609. The van der Waals surface area contributed by atoms with Crippen LogP contribution >= 0.6 is 0 Å². The molecular formula is C17H26N2O3. The van der Waals surface area contributed by atoms with Gasteiger partial charge in [-0.05, 0) is 57.4 Å². The Morgan fingerprint density at radius 1 is 1.45 bits per heavy atom. The largest absolute Gasteiger partial charge is 0.444 e. The van der Waals surface area contributed by atoms with Crippen LogP contribution in [0, 0.1) is 5.92 Å². The summed E-state index contributed by atoms with van der Waals surface area (Å²) in [7, 11) is 0. The molecule has 0 aliphatic carbocycles. The molecule has 1 unspecified atom stereocenters. The van der Waals surface area contributed by atoms with E-state index in [0.29, 0.717) is 5.92 Å². The number of nitrogens with one attached hydrogen (secondary N) is 1. The molecule has 1 aromatic rings. The third-order valence-corrected chi connectivity index (χ3v) is 3.61. The minimum atomic E-state index is -0.503. The summed E-state index contributed by atoms with van der Waals surface area (Å²) in [5.41, 5.74) is 1.38. The highest BCUT2D eigenvalue weighted by molar-refractivity contribution is 5.84. The second-order valence-electron chi connectivity index (χ2n) is 6.90. The highest BCUT2D eigenvalue weighted by Crippen LogP contribution is 2.20. The molecule has 1 fully saturated rings. The summed E-state index contributed by atoms with van der Waals surface area (Å²) in [5, 5.41) is 12.0. The Kier molecular flexibility index (Phi) is 5.42. The Morgan fingerprint density at radius 2 is 2.23 bits per heavy atom. The maximum Gasteiger partial charge on any atom is 0.412 e. The Morgan fingerprint density at radius 3 is 2.86 bits per heavy atom. The molecule has 0 saturated carbocycles. The van der Waals surface area contributed by atoms with Crippen LogP contribution in [0.15, 0.2) is 24.3 Å². The third-order valence-electron chi connectivity index (χ3n) is 3.61. The third kappa shape index (κ3) is 5.31. The molecule has 0 radical (unpaired) electrons. The lowest BCUT2D eigenvalue weighted by molar-refractivity contribution is 0.0636. The molecule has 1 aliphatic heterocycles. The number of aliphatic hydroxyl groups is 1. The van der Waals surface area contributed by atoms with Crippen LogP contribution in [0.3, 0.4) is 0 Å². The van der Waals surface area contributed by atoms with Crippen LogP contribution in [0.1, 0.15) is 32.8 Å². The van der Waals surface area contributed by atoms with Crippen molar-refractivity contribution in [2.45, 2.75) is 39.3 Å². The molecule has 2 N–H and O–H groups in total. The summed E-state index contributed by atoms with van der Waals surface area (Å²) in [6, 6.07) is 7.80. The minimum absolute atomic E-state index is 0.261. The monoisotopic (exact) mass is 306 g/mol. The van der Waals surface area contributed by atoms with Gasteiger partial charge in [0.15, 0.2) is 0 Å². The maximum atomic E-state index is 11.8. The molecule has 1 saturated heterocycles. The molecule has 1 aliphatic rings. The second kappa shape index (κ2) is 7.11. The smallest absolute Gasteiger partial charge is 0.412 e. The van der Waals surface area contributed by atoms with E-state index in [1.54, 1.807) is 0 Å². The van der Waals surface area contributed by atoms with Gasteiger partial charge in [-0.1, -0.05) is 12.1 Å². The second-order valence-corrected chi connectivity index (χ2v) is 6.90. The molecule has 5 nitrogen and oxygen atoms in total. The van der Waals surface area contributed by atoms with Gasteiger partial charge in [0, 0.05) is 25.4 Å². The minimum Gasteiger partial charge on any atom is -0.444 e. The zero-order valence-corrected chi connectivity index (χ0v) is 13.6. The number of hydrogen-bond donors (Lipinski definition) is 2. The Labute approximate surface area is 132 Å². The fraction of sp³-hybridized carbons (Fsp3) is 0.588. The van der Waals surface area contributed by atoms with Crippen molar-refractivity contribution in [3.63, 3.8) is 0 Å². The van der Waals surface area contributed by atoms with Crippen LogP contribution in [0.2, 0.25) is 0 Å². The highest BCUT2D eigenvalue weighted by atomic mass is 16.6. The zero-order valence-electron chi connectivity index (χ0n) is 13.6. The van der Waals surface area contributed by atoms with Crippen molar-refractivity contribution in [1.82, 2.24) is 4.90 Å². The lowest BCUT2D eigenvalue weighted by Gasteiger charge is -2.20. The topological polar surface area (TPSA) is 61.8 Å². The molecule has 1 aromatic carbocycles. The van der Waals surface area contributed by atoms with Gasteiger partial charge >= 0.3 is 6.09 Å². The molecule has 1 amide bonds. The molecule has 1 atom stereocenters. The van der Waals surface area contributed by atoms with Gasteiger partial charge in [-0.2, -0.15) is 0 Å². The van der Waals surface area contributed by atoms with E-state index in [9.17, 15) is 9.90 Å². The maximum absolute atomic E-state index is 11.8. The molecule has 0 aromatic heterocycles. The summed E-state index contributed by atoms with van der Waals surface area (Å²) in [5.74, 6) is 0.392. The quantitative estimate of drug-likeness (QED) is 0.898. The number of benzene rings is 1. The van der Waals surface area contributed by atoms with Crippen LogP contribution in [0.25, 0.3) is 0 Å². The average Bonchev–Trinajstić information content (AvgIpc) is 2.84. The number of hydrogen-bond acceptors (Lipinski definition) is 4. The summed E-state index contributed by atoms with van der Waals surface area (Å²) in [4.78, 5) is 14.1. The molecule has 22 heavy (non-hydrogen) atoms. The number of amides is 1. The van der Waals surface area contributed by atoms with Crippen molar-refractivity contribution in [3.05, 3.63) is 29.8 Å². The first-order valence-electron chi connectivity index (χ1n) is 7.78. The van der Waals surface area contributed by atoms with E-state index in [1.807, 2.05) is 45.0 Å². The first-order valence-corrected chi connectivity index (χ1v) is 7.78. The lowest BCUT2D eigenvalue weighted by atomic mass is 10.1. The van der Waals surface area contributed by atoms with Gasteiger partial charge in [-0.25, -0.2) is 4.79 Å². The van der Waals surface area contributed by atoms with Gasteiger partial charge < -0.3 is 9.84 Å². The summed E-state index contributed by atoms with van der Waals surface area (Å²) < 4.78 is 5.26. The number of nitrogens with zero attached hydrogens (tertiary/aromatic N) is 1. The molecule has 2 rings (SSSR count). The number of carbonyl (C=O) groups is 1. The predicted molar refractivity (Wildman–Crippen MR) is 86.8 cm³/mol. The molecule has 1 heterocycles. The average molecular weight is 306 g/mol. The normalized spacial score (nSPS) is 19.2. The van der Waals surface area contributed by atoms with Gasteiger partial charge in [0.25, 0.3) is 0 Å². The molecule has 122 valence electrons. The fourth-order valence-electron chi connectivity index (χ4n) is 2.63. The Balaban J connectivity index is 1.91. The van der Waals surface area contributed by atoms with Crippen molar-refractivity contribution < 1.29 is 14.6 Å². The van der Waals surface area contributed by atoms with Gasteiger partial charge in [-0.3, -0.25) is 10.2 Å². The van der Waals surface area contributed by atoms with E-state index >= 15 is 0 Å². The molecular weight excluding hydrogens is 280 g/mol. The number of aliphatic hydroxyl groups excluding tert-OH is 1. The predicted octanol–water partition coefficient (Wildman–Crippen LogP) is 2.85. The zero-order chi connectivity index (χ0) is 16.2. The lowest BCUT2D eigenvalue weighted by Crippen LogP contribution is -2.27. The first-order chi connectivity index (χ1) is 10.4. The fourth-order valence-corrected chi connectivity index (χ4v) is 2.63. The number of likely N-dealkylation sites (tertiary alicyclic amines) is 1.